The van der Waals surface area contributed by atoms with E-state index in [0.29, 0.717) is 6.42 Å². The minimum absolute atomic E-state index is 0.0981. The predicted octanol–water partition coefficient (Wildman–Crippen LogP) is 4.69. The number of unbranched alkanes of at least 4 members (excludes halogenated alkanes) is 7. The summed E-state index contributed by atoms with van der Waals surface area (Å²) in [4.78, 5) is 10.3. The van der Waals surface area contributed by atoms with Crippen molar-refractivity contribution in [3.05, 3.63) is 12.2 Å². The fourth-order valence-corrected chi connectivity index (χ4v) is 2.15. The van der Waals surface area contributed by atoms with Crippen LogP contribution in [0.2, 0.25) is 0 Å². The Morgan fingerprint density at radius 2 is 1.50 bits per heavy atom. The smallest absolute Gasteiger partial charge is 0.303 e. The summed E-state index contributed by atoms with van der Waals surface area (Å²) >= 11 is 0. The van der Waals surface area contributed by atoms with Gasteiger partial charge < -0.3 is 10.2 Å². The van der Waals surface area contributed by atoms with Crippen LogP contribution in [0.15, 0.2) is 12.2 Å². The van der Waals surface area contributed by atoms with Crippen LogP contribution in [0, 0.1) is 0 Å². The van der Waals surface area contributed by atoms with Gasteiger partial charge >= 0.3 is 5.97 Å². The van der Waals surface area contributed by atoms with E-state index in [2.05, 4.69) is 12.2 Å². The number of allylic oxidation sites excluding steroid dienone is 2. The van der Waals surface area contributed by atoms with Crippen LogP contribution in [0.5, 0.6) is 0 Å². The summed E-state index contributed by atoms with van der Waals surface area (Å²) in [6, 6.07) is 0. The number of aliphatic hydroxyl groups excluding tert-OH is 1. The fourth-order valence-electron chi connectivity index (χ4n) is 2.15. The van der Waals surface area contributed by atoms with Gasteiger partial charge in [-0.2, -0.15) is 0 Å². The summed E-state index contributed by atoms with van der Waals surface area (Å²) < 4.78 is 0. The Labute approximate surface area is 124 Å². The average Bonchev–Trinajstić information content (AvgIpc) is 2.43. The molecule has 20 heavy (non-hydrogen) atoms. The first-order chi connectivity index (χ1) is 9.66. The number of hydrogen-bond donors (Lipinski definition) is 2. The Bertz CT molecular complexity index is 249. The normalized spacial score (nSPS) is 12.9. The van der Waals surface area contributed by atoms with Crippen molar-refractivity contribution in [2.75, 3.05) is 0 Å². The second-order valence-electron chi connectivity index (χ2n) is 5.52. The third-order valence-electron chi connectivity index (χ3n) is 3.56. The minimum Gasteiger partial charge on any atom is -0.481 e. The summed E-state index contributed by atoms with van der Waals surface area (Å²) in [5.41, 5.74) is 0. The highest BCUT2D eigenvalue weighted by Gasteiger charge is 1.99. The number of carboxylic acid groups (broad SMARTS) is 1. The second kappa shape index (κ2) is 14.6. The summed E-state index contributed by atoms with van der Waals surface area (Å²) in [6.07, 6.45) is 16.5. The molecule has 1 atom stereocenters. The van der Waals surface area contributed by atoms with Gasteiger partial charge in [0.1, 0.15) is 0 Å². The Balaban J connectivity index is 3.13. The van der Waals surface area contributed by atoms with Crippen molar-refractivity contribution in [2.45, 2.75) is 90.1 Å². The molecule has 0 aromatic heterocycles. The molecule has 0 aliphatic heterocycles. The highest BCUT2D eigenvalue weighted by molar-refractivity contribution is 5.66. The Morgan fingerprint density at radius 3 is 2.10 bits per heavy atom. The van der Waals surface area contributed by atoms with Crippen LogP contribution in [0.3, 0.4) is 0 Å². The van der Waals surface area contributed by atoms with Gasteiger partial charge in [0.15, 0.2) is 0 Å². The molecule has 0 aromatic carbocycles. The quantitative estimate of drug-likeness (QED) is 0.359. The molecule has 0 amide bonds. The van der Waals surface area contributed by atoms with Crippen LogP contribution in [0.25, 0.3) is 0 Å². The molecule has 3 heteroatoms. The highest BCUT2D eigenvalue weighted by atomic mass is 16.4. The van der Waals surface area contributed by atoms with E-state index in [9.17, 15) is 9.90 Å². The molecular weight excluding hydrogens is 252 g/mol. The van der Waals surface area contributed by atoms with Crippen molar-refractivity contribution in [1.82, 2.24) is 0 Å². The lowest BCUT2D eigenvalue weighted by Crippen LogP contribution is -2.03. The lowest BCUT2D eigenvalue weighted by molar-refractivity contribution is -0.137. The molecule has 0 heterocycles. The zero-order valence-electron chi connectivity index (χ0n) is 13.0. The predicted molar refractivity (Wildman–Crippen MR) is 83.9 cm³/mol. The fraction of sp³-hybridized carbons (Fsp3) is 0.824. The van der Waals surface area contributed by atoms with Gasteiger partial charge in [0.05, 0.1) is 6.10 Å². The summed E-state index contributed by atoms with van der Waals surface area (Å²) in [5, 5.41) is 17.9. The minimum atomic E-state index is -0.694. The van der Waals surface area contributed by atoms with Crippen LogP contribution in [-0.2, 0) is 4.79 Å². The monoisotopic (exact) mass is 284 g/mol. The molecule has 0 rings (SSSR count). The van der Waals surface area contributed by atoms with Crippen LogP contribution < -0.4 is 0 Å². The molecule has 0 fully saturated rings. The van der Waals surface area contributed by atoms with Crippen LogP contribution in [0.4, 0.5) is 0 Å². The molecule has 0 radical (unpaired) electrons. The van der Waals surface area contributed by atoms with E-state index in [0.717, 1.165) is 44.9 Å². The van der Waals surface area contributed by atoms with E-state index in [1.807, 2.05) is 6.92 Å². The molecule has 0 aliphatic carbocycles. The Morgan fingerprint density at radius 1 is 0.950 bits per heavy atom. The van der Waals surface area contributed by atoms with Crippen LogP contribution >= 0.6 is 0 Å². The molecule has 0 aliphatic rings. The number of hydrogen-bond acceptors (Lipinski definition) is 2. The maximum atomic E-state index is 10.3. The molecule has 2 N–H and O–H groups in total. The zero-order chi connectivity index (χ0) is 15.1. The molecule has 118 valence electrons. The summed E-state index contributed by atoms with van der Waals surface area (Å²) in [7, 11) is 0. The van der Waals surface area contributed by atoms with Gasteiger partial charge in [-0.15, -0.1) is 0 Å². The van der Waals surface area contributed by atoms with Crippen molar-refractivity contribution in [3.8, 4) is 0 Å². The standard InChI is InChI=1S/C17H32O3/c1-2-16(18)14-12-10-8-6-4-3-5-7-9-11-13-15-17(19)20/h5,7,16,18H,2-4,6,8-15H2,1H3,(H,19,20). The number of carbonyl (C=O) groups is 1. The lowest BCUT2D eigenvalue weighted by atomic mass is 10.1. The van der Waals surface area contributed by atoms with Crippen LogP contribution in [0.1, 0.15) is 84.0 Å². The highest BCUT2D eigenvalue weighted by Crippen LogP contribution is 2.10. The largest absolute Gasteiger partial charge is 0.481 e. The number of aliphatic hydroxyl groups is 1. The number of carboxylic acids is 1. The van der Waals surface area contributed by atoms with Gasteiger partial charge in [0.25, 0.3) is 0 Å². The molecule has 0 aromatic rings. The van der Waals surface area contributed by atoms with Crippen molar-refractivity contribution < 1.29 is 15.0 Å². The van der Waals surface area contributed by atoms with Crippen molar-refractivity contribution in [3.63, 3.8) is 0 Å². The summed E-state index contributed by atoms with van der Waals surface area (Å²) in [5.74, 6) is -0.694. The van der Waals surface area contributed by atoms with Gasteiger partial charge in [-0.3, -0.25) is 4.79 Å². The Kier molecular flexibility index (Phi) is 14.0. The van der Waals surface area contributed by atoms with E-state index >= 15 is 0 Å². The van der Waals surface area contributed by atoms with Crippen molar-refractivity contribution in [2.24, 2.45) is 0 Å². The van der Waals surface area contributed by atoms with Crippen molar-refractivity contribution in [1.29, 1.82) is 0 Å². The first-order valence-electron chi connectivity index (χ1n) is 8.21. The molecule has 0 bridgehead atoms. The second-order valence-corrected chi connectivity index (χ2v) is 5.52. The average molecular weight is 284 g/mol. The number of aliphatic carboxylic acids is 1. The SMILES string of the molecule is CCC(O)CCCCCCCC=CCCCCC(=O)O. The maximum absolute atomic E-state index is 10.3. The van der Waals surface area contributed by atoms with Crippen LogP contribution in [-0.4, -0.2) is 22.3 Å². The molecule has 0 spiro atoms. The van der Waals surface area contributed by atoms with Gasteiger partial charge in [-0.25, -0.2) is 0 Å². The van der Waals surface area contributed by atoms with E-state index < -0.39 is 5.97 Å². The number of rotatable bonds is 14. The van der Waals surface area contributed by atoms with E-state index in [-0.39, 0.29) is 6.10 Å². The molecule has 1 unspecified atom stereocenters. The topological polar surface area (TPSA) is 57.5 Å². The van der Waals surface area contributed by atoms with E-state index in [1.54, 1.807) is 0 Å². The van der Waals surface area contributed by atoms with Gasteiger partial charge in [-0.1, -0.05) is 44.8 Å². The van der Waals surface area contributed by atoms with Crippen molar-refractivity contribution >= 4 is 5.97 Å². The lowest BCUT2D eigenvalue weighted by Gasteiger charge is -2.06. The molecular formula is C17H32O3. The molecule has 0 saturated carbocycles. The van der Waals surface area contributed by atoms with Gasteiger partial charge in [-0.05, 0) is 44.9 Å². The molecule has 3 nitrogen and oxygen atoms in total. The third kappa shape index (κ3) is 15.2. The molecule has 0 saturated heterocycles. The third-order valence-corrected chi connectivity index (χ3v) is 3.56. The Hall–Kier alpha value is -0.830. The van der Waals surface area contributed by atoms with E-state index in [4.69, 9.17) is 5.11 Å². The summed E-state index contributed by atoms with van der Waals surface area (Å²) in [6.45, 7) is 2.03. The maximum Gasteiger partial charge on any atom is 0.303 e. The first-order valence-corrected chi connectivity index (χ1v) is 8.21. The van der Waals surface area contributed by atoms with E-state index in [1.165, 1.54) is 25.7 Å². The van der Waals surface area contributed by atoms with Gasteiger partial charge in [0.2, 0.25) is 0 Å². The zero-order valence-corrected chi connectivity index (χ0v) is 13.0. The van der Waals surface area contributed by atoms with Gasteiger partial charge in [0, 0.05) is 6.42 Å². The first kappa shape index (κ1) is 19.2.